The molecule has 6 heteroatoms. The van der Waals surface area contributed by atoms with Crippen molar-refractivity contribution < 1.29 is 9.59 Å². The van der Waals surface area contributed by atoms with Crippen LogP contribution >= 0.6 is 0 Å². The maximum atomic E-state index is 12.1. The summed E-state index contributed by atoms with van der Waals surface area (Å²) in [6.45, 7) is 6.22. The molecule has 0 aliphatic carbocycles. The molecule has 0 bridgehead atoms. The number of likely N-dealkylation sites (tertiary alicyclic amines) is 1. The number of hydrogen-bond donors (Lipinski definition) is 3. The molecule has 1 fully saturated rings. The van der Waals surface area contributed by atoms with Gasteiger partial charge in [0, 0.05) is 23.8 Å². The van der Waals surface area contributed by atoms with E-state index >= 15 is 0 Å². The average molecular weight is 346 g/mol. The third kappa shape index (κ3) is 7.13. The van der Waals surface area contributed by atoms with Crippen LogP contribution < -0.4 is 16.0 Å². The van der Waals surface area contributed by atoms with Crippen LogP contribution in [0.3, 0.4) is 0 Å². The van der Waals surface area contributed by atoms with E-state index in [-0.39, 0.29) is 18.0 Å². The quantitative estimate of drug-likeness (QED) is 0.740. The van der Waals surface area contributed by atoms with Crippen molar-refractivity contribution in [1.29, 1.82) is 0 Å². The number of urea groups is 1. The van der Waals surface area contributed by atoms with Crippen LogP contribution in [0.15, 0.2) is 24.3 Å². The summed E-state index contributed by atoms with van der Waals surface area (Å²) in [4.78, 5) is 26.2. The fourth-order valence-electron chi connectivity index (χ4n) is 2.79. The maximum absolute atomic E-state index is 12.1. The molecule has 0 spiro atoms. The van der Waals surface area contributed by atoms with E-state index in [1.54, 1.807) is 24.3 Å². The Bertz CT molecular complexity index is 563. The summed E-state index contributed by atoms with van der Waals surface area (Å²) in [5.41, 5.74) is 1.46. The molecule has 1 aromatic rings. The van der Waals surface area contributed by atoms with Gasteiger partial charge in [-0.1, -0.05) is 13.8 Å². The van der Waals surface area contributed by atoms with Crippen LogP contribution in [0.1, 0.15) is 39.5 Å². The topological polar surface area (TPSA) is 73.5 Å². The molecule has 6 nitrogen and oxygen atoms in total. The van der Waals surface area contributed by atoms with Crippen LogP contribution in [0.2, 0.25) is 0 Å². The maximum Gasteiger partial charge on any atom is 0.319 e. The molecule has 0 atom stereocenters. The first kappa shape index (κ1) is 19.2. The summed E-state index contributed by atoms with van der Waals surface area (Å²) in [5, 5.41) is 8.74. The lowest BCUT2D eigenvalue weighted by atomic mass is 10.1. The van der Waals surface area contributed by atoms with Crippen LogP contribution in [-0.4, -0.2) is 43.0 Å². The van der Waals surface area contributed by atoms with Gasteiger partial charge in [0.1, 0.15) is 0 Å². The zero-order valence-corrected chi connectivity index (χ0v) is 15.5. The smallest absolute Gasteiger partial charge is 0.319 e. The van der Waals surface area contributed by atoms with E-state index in [9.17, 15) is 9.59 Å². The number of carbonyl (C=O) groups is 2. The predicted molar refractivity (Wildman–Crippen MR) is 102 cm³/mol. The van der Waals surface area contributed by atoms with Crippen molar-refractivity contribution in [2.75, 3.05) is 30.8 Å². The molecule has 1 aliphatic heterocycles. The number of anilines is 2. The second kappa shape index (κ2) is 9.42. The molecule has 1 aromatic carbocycles. The second-order valence-electron chi connectivity index (χ2n) is 7.23. The molecule has 2 rings (SSSR count). The van der Waals surface area contributed by atoms with Gasteiger partial charge >= 0.3 is 6.03 Å². The summed E-state index contributed by atoms with van der Waals surface area (Å²) in [7, 11) is 2.10. The number of carbonyl (C=O) groups excluding carboxylic acids is 2. The highest BCUT2D eigenvalue weighted by molar-refractivity contribution is 5.92. The monoisotopic (exact) mass is 346 g/mol. The first-order valence-electron chi connectivity index (χ1n) is 9.08. The molecule has 1 aliphatic rings. The minimum Gasteiger partial charge on any atom is -0.335 e. The highest BCUT2D eigenvalue weighted by Crippen LogP contribution is 2.15. The molecule has 1 saturated heterocycles. The number of amides is 3. The van der Waals surface area contributed by atoms with E-state index in [0.29, 0.717) is 18.0 Å². The number of hydrogen-bond acceptors (Lipinski definition) is 3. The largest absolute Gasteiger partial charge is 0.335 e. The van der Waals surface area contributed by atoms with Gasteiger partial charge in [-0.25, -0.2) is 4.79 Å². The van der Waals surface area contributed by atoms with Gasteiger partial charge in [0.05, 0.1) is 0 Å². The lowest BCUT2D eigenvalue weighted by molar-refractivity contribution is -0.116. The van der Waals surface area contributed by atoms with Gasteiger partial charge in [0.15, 0.2) is 0 Å². The Balaban J connectivity index is 1.75. The lowest BCUT2D eigenvalue weighted by Gasteiger charge is -2.29. The Labute approximate surface area is 150 Å². The van der Waals surface area contributed by atoms with E-state index in [2.05, 4.69) is 41.7 Å². The van der Waals surface area contributed by atoms with E-state index in [1.807, 2.05) is 0 Å². The molecule has 25 heavy (non-hydrogen) atoms. The number of nitrogens with zero attached hydrogens (tertiary/aromatic N) is 1. The van der Waals surface area contributed by atoms with Crippen LogP contribution in [0.25, 0.3) is 0 Å². The van der Waals surface area contributed by atoms with Crippen LogP contribution in [0.5, 0.6) is 0 Å². The van der Waals surface area contributed by atoms with Crippen LogP contribution in [0, 0.1) is 5.92 Å². The van der Waals surface area contributed by atoms with E-state index in [4.69, 9.17) is 0 Å². The SMILES string of the molecule is CC(C)CCC(=O)Nc1ccc(NC(=O)NC2CCN(C)CC2)cc1. The molecular formula is C19H30N4O2. The van der Waals surface area contributed by atoms with Crippen molar-refractivity contribution in [1.82, 2.24) is 10.2 Å². The highest BCUT2D eigenvalue weighted by atomic mass is 16.2. The normalized spacial score (nSPS) is 15.8. The molecule has 0 unspecified atom stereocenters. The lowest BCUT2D eigenvalue weighted by Crippen LogP contribution is -2.44. The third-order valence-corrected chi connectivity index (χ3v) is 4.43. The minimum absolute atomic E-state index is 0.0226. The summed E-state index contributed by atoms with van der Waals surface area (Å²) in [6, 6.07) is 7.26. The number of rotatable bonds is 6. The van der Waals surface area contributed by atoms with Crippen molar-refractivity contribution >= 4 is 23.3 Å². The number of nitrogens with one attached hydrogen (secondary N) is 3. The van der Waals surface area contributed by atoms with Crippen molar-refractivity contribution in [3.05, 3.63) is 24.3 Å². The first-order valence-corrected chi connectivity index (χ1v) is 9.08. The fourth-order valence-corrected chi connectivity index (χ4v) is 2.79. The summed E-state index contributed by atoms with van der Waals surface area (Å²) in [6.07, 6.45) is 3.36. The summed E-state index contributed by atoms with van der Waals surface area (Å²) >= 11 is 0. The van der Waals surface area contributed by atoms with Gasteiger partial charge < -0.3 is 20.9 Å². The van der Waals surface area contributed by atoms with Gasteiger partial charge in [0.2, 0.25) is 5.91 Å². The number of benzene rings is 1. The molecule has 3 N–H and O–H groups in total. The van der Waals surface area contributed by atoms with Crippen molar-refractivity contribution in [2.45, 2.75) is 45.6 Å². The van der Waals surface area contributed by atoms with E-state index < -0.39 is 0 Å². The Morgan fingerprint density at radius 1 is 1.08 bits per heavy atom. The van der Waals surface area contributed by atoms with Crippen LogP contribution in [0.4, 0.5) is 16.2 Å². The van der Waals surface area contributed by atoms with Crippen molar-refractivity contribution in [3.8, 4) is 0 Å². The predicted octanol–water partition coefficient (Wildman–Crippen LogP) is 3.28. The van der Waals surface area contributed by atoms with Gasteiger partial charge in [-0.2, -0.15) is 0 Å². The summed E-state index contributed by atoms with van der Waals surface area (Å²) in [5.74, 6) is 0.537. The Hall–Kier alpha value is -2.08. The highest BCUT2D eigenvalue weighted by Gasteiger charge is 2.18. The molecule has 0 radical (unpaired) electrons. The minimum atomic E-state index is -0.178. The molecule has 138 valence electrons. The number of piperidine rings is 1. The molecule has 1 heterocycles. The van der Waals surface area contributed by atoms with Gasteiger partial charge in [-0.15, -0.1) is 0 Å². The molecule has 3 amide bonds. The second-order valence-corrected chi connectivity index (χ2v) is 7.23. The van der Waals surface area contributed by atoms with Gasteiger partial charge in [-0.3, -0.25) is 4.79 Å². The third-order valence-electron chi connectivity index (χ3n) is 4.43. The molecule has 0 aromatic heterocycles. The Morgan fingerprint density at radius 3 is 2.20 bits per heavy atom. The zero-order valence-electron chi connectivity index (χ0n) is 15.5. The summed E-state index contributed by atoms with van der Waals surface area (Å²) < 4.78 is 0. The Kier molecular flexibility index (Phi) is 7.25. The van der Waals surface area contributed by atoms with Crippen molar-refractivity contribution in [2.24, 2.45) is 5.92 Å². The molecule has 0 saturated carbocycles. The van der Waals surface area contributed by atoms with Gasteiger partial charge in [-0.05, 0) is 69.6 Å². The standard InChI is InChI=1S/C19H30N4O2/c1-14(2)4-9-18(24)20-15-5-7-16(8-6-15)21-19(25)22-17-10-12-23(3)13-11-17/h5-8,14,17H,4,9-13H2,1-3H3,(H,20,24)(H2,21,22,25). The van der Waals surface area contributed by atoms with Crippen molar-refractivity contribution in [3.63, 3.8) is 0 Å². The zero-order chi connectivity index (χ0) is 18.2. The average Bonchev–Trinajstić information content (AvgIpc) is 2.57. The van der Waals surface area contributed by atoms with Crippen LogP contribution in [-0.2, 0) is 4.79 Å². The molecular weight excluding hydrogens is 316 g/mol. The van der Waals surface area contributed by atoms with E-state index in [1.165, 1.54) is 0 Å². The fraction of sp³-hybridized carbons (Fsp3) is 0.579. The van der Waals surface area contributed by atoms with Gasteiger partial charge in [0.25, 0.3) is 0 Å². The first-order chi connectivity index (χ1) is 11.9. The van der Waals surface area contributed by atoms with E-state index in [0.717, 1.165) is 38.0 Å². The Morgan fingerprint density at radius 2 is 1.64 bits per heavy atom.